The summed E-state index contributed by atoms with van der Waals surface area (Å²) >= 11 is 3.20. The Bertz CT molecular complexity index is 539. The van der Waals surface area contributed by atoms with E-state index in [4.69, 9.17) is 5.73 Å². The van der Waals surface area contributed by atoms with E-state index in [0.717, 1.165) is 0 Å². The van der Waals surface area contributed by atoms with E-state index in [1.54, 1.807) is 30.3 Å². The molecule has 0 aliphatic heterocycles. The van der Waals surface area contributed by atoms with Gasteiger partial charge in [0.25, 0.3) is 0 Å². The molecule has 0 amide bonds. The summed E-state index contributed by atoms with van der Waals surface area (Å²) in [5, 5.41) is 0. The molecule has 0 radical (unpaired) electrons. The summed E-state index contributed by atoms with van der Waals surface area (Å²) in [5.41, 5.74) is 4.98. The SMILES string of the molecule is NCC(F)(Cc1cc(F)cc(Br)c1)c1ccccc1. The smallest absolute Gasteiger partial charge is 0.152 e. The lowest BCUT2D eigenvalue weighted by Gasteiger charge is -2.24. The number of benzene rings is 2. The Hall–Kier alpha value is -1.26. The molecule has 4 heteroatoms. The van der Waals surface area contributed by atoms with Gasteiger partial charge in [-0.3, -0.25) is 0 Å². The molecule has 0 saturated carbocycles. The molecule has 0 saturated heterocycles. The van der Waals surface area contributed by atoms with Crippen LogP contribution in [0.15, 0.2) is 53.0 Å². The van der Waals surface area contributed by atoms with Crippen molar-refractivity contribution in [2.45, 2.75) is 12.1 Å². The molecule has 1 nitrogen and oxygen atoms in total. The third kappa shape index (κ3) is 3.39. The van der Waals surface area contributed by atoms with Gasteiger partial charge in [-0.1, -0.05) is 46.3 Å². The second-order valence-corrected chi connectivity index (χ2v) is 5.41. The van der Waals surface area contributed by atoms with E-state index in [2.05, 4.69) is 15.9 Å². The second-order valence-electron chi connectivity index (χ2n) is 4.49. The first-order valence-corrected chi connectivity index (χ1v) is 6.72. The van der Waals surface area contributed by atoms with Crippen molar-refractivity contribution in [3.05, 3.63) is 69.9 Å². The number of hydrogen-bond donors (Lipinski definition) is 1. The molecule has 0 spiro atoms. The van der Waals surface area contributed by atoms with Crippen LogP contribution in [0.4, 0.5) is 8.78 Å². The van der Waals surface area contributed by atoms with E-state index < -0.39 is 11.5 Å². The van der Waals surface area contributed by atoms with Gasteiger partial charge in [-0.05, 0) is 29.3 Å². The van der Waals surface area contributed by atoms with Crippen LogP contribution in [-0.4, -0.2) is 6.54 Å². The molecule has 2 N–H and O–H groups in total. The lowest BCUT2D eigenvalue weighted by Crippen LogP contribution is -2.32. The predicted octanol–water partition coefficient (Wildman–Crippen LogP) is 3.95. The van der Waals surface area contributed by atoms with Crippen molar-refractivity contribution in [2.24, 2.45) is 5.73 Å². The fourth-order valence-electron chi connectivity index (χ4n) is 2.07. The topological polar surface area (TPSA) is 26.0 Å². The van der Waals surface area contributed by atoms with Crippen LogP contribution in [0.1, 0.15) is 11.1 Å². The lowest BCUT2D eigenvalue weighted by atomic mass is 9.89. The van der Waals surface area contributed by atoms with E-state index in [0.29, 0.717) is 15.6 Å². The van der Waals surface area contributed by atoms with Gasteiger partial charge in [0.2, 0.25) is 0 Å². The lowest BCUT2D eigenvalue weighted by molar-refractivity contribution is 0.175. The Kier molecular flexibility index (Phi) is 4.32. The molecule has 1 unspecified atom stereocenters. The van der Waals surface area contributed by atoms with Gasteiger partial charge in [0, 0.05) is 17.4 Å². The van der Waals surface area contributed by atoms with Crippen LogP contribution < -0.4 is 5.73 Å². The number of halogens is 3. The average Bonchev–Trinajstić information content (AvgIpc) is 2.38. The van der Waals surface area contributed by atoms with Gasteiger partial charge in [0.1, 0.15) is 5.82 Å². The minimum Gasteiger partial charge on any atom is -0.327 e. The zero-order valence-corrected chi connectivity index (χ0v) is 11.8. The first kappa shape index (κ1) is 14.2. The van der Waals surface area contributed by atoms with Crippen molar-refractivity contribution in [3.63, 3.8) is 0 Å². The molecular formula is C15H14BrF2N. The van der Waals surface area contributed by atoms with Crippen molar-refractivity contribution in [2.75, 3.05) is 6.54 Å². The van der Waals surface area contributed by atoms with Crippen molar-refractivity contribution in [1.29, 1.82) is 0 Å². The van der Waals surface area contributed by atoms with E-state index in [1.807, 2.05) is 6.07 Å². The van der Waals surface area contributed by atoms with Crippen molar-refractivity contribution < 1.29 is 8.78 Å². The highest BCUT2D eigenvalue weighted by atomic mass is 79.9. The van der Waals surface area contributed by atoms with Gasteiger partial charge in [0.15, 0.2) is 5.67 Å². The second kappa shape index (κ2) is 5.80. The first-order chi connectivity index (χ1) is 9.03. The van der Waals surface area contributed by atoms with E-state index in [9.17, 15) is 8.78 Å². The molecule has 2 aromatic carbocycles. The Balaban J connectivity index is 2.33. The van der Waals surface area contributed by atoms with Crippen LogP contribution in [0.5, 0.6) is 0 Å². The minimum absolute atomic E-state index is 0.0455. The molecule has 0 fully saturated rings. The van der Waals surface area contributed by atoms with Crippen molar-refractivity contribution in [3.8, 4) is 0 Å². The normalized spacial score (nSPS) is 14.1. The molecule has 0 heterocycles. The number of rotatable bonds is 4. The summed E-state index contributed by atoms with van der Waals surface area (Å²) < 4.78 is 28.9. The van der Waals surface area contributed by atoms with Crippen LogP contribution in [0.3, 0.4) is 0 Å². The Morgan fingerprint density at radius 3 is 2.37 bits per heavy atom. The highest BCUT2D eigenvalue weighted by Gasteiger charge is 2.30. The molecule has 100 valence electrons. The van der Waals surface area contributed by atoms with Crippen LogP contribution in [0.2, 0.25) is 0 Å². The fraction of sp³-hybridized carbons (Fsp3) is 0.200. The summed E-state index contributed by atoms with van der Waals surface area (Å²) in [6, 6.07) is 13.1. The van der Waals surface area contributed by atoms with Crippen molar-refractivity contribution >= 4 is 15.9 Å². The molecule has 1 atom stereocenters. The maximum absolute atomic E-state index is 14.9. The molecule has 19 heavy (non-hydrogen) atoms. The van der Waals surface area contributed by atoms with Crippen LogP contribution >= 0.6 is 15.9 Å². The summed E-state index contributed by atoms with van der Waals surface area (Å²) in [5.74, 6) is -0.392. The summed E-state index contributed by atoms with van der Waals surface area (Å²) in [4.78, 5) is 0. The van der Waals surface area contributed by atoms with Crippen LogP contribution in [0.25, 0.3) is 0 Å². The summed E-state index contributed by atoms with van der Waals surface area (Å²) in [7, 11) is 0. The highest BCUT2D eigenvalue weighted by Crippen LogP contribution is 2.30. The van der Waals surface area contributed by atoms with Gasteiger partial charge < -0.3 is 5.73 Å². The summed E-state index contributed by atoms with van der Waals surface area (Å²) in [6.07, 6.45) is 0.0455. The number of nitrogens with two attached hydrogens (primary N) is 1. The molecule has 2 aromatic rings. The van der Waals surface area contributed by atoms with Gasteiger partial charge in [-0.25, -0.2) is 8.78 Å². The molecule has 0 aliphatic rings. The highest BCUT2D eigenvalue weighted by molar-refractivity contribution is 9.10. The largest absolute Gasteiger partial charge is 0.327 e. The summed E-state index contributed by atoms with van der Waals surface area (Å²) in [6.45, 7) is -0.148. The fourth-order valence-corrected chi connectivity index (χ4v) is 2.58. The molecular weight excluding hydrogens is 312 g/mol. The predicted molar refractivity (Wildman–Crippen MR) is 76.1 cm³/mol. The van der Waals surface area contributed by atoms with E-state index in [-0.39, 0.29) is 13.0 Å². The third-order valence-electron chi connectivity index (χ3n) is 3.02. The van der Waals surface area contributed by atoms with E-state index >= 15 is 0 Å². The van der Waals surface area contributed by atoms with Crippen LogP contribution in [0, 0.1) is 5.82 Å². The van der Waals surface area contributed by atoms with Gasteiger partial charge in [-0.15, -0.1) is 0 Å². The van der Waals surface area contributed by atoms with E-state index in [1.165, 1.54) is 12.1 Å². The Labute approximate surface area is 119 Å². The minimum atomic E-state index is -1.69. The zero-order chi connectivity index (χ0) is 13.9. The van der Waals surface area contributed by atoms with Gasteiger partial charge in [0.05, 0.1) is 0 Å². The molecule has 0 aliphatic carbocycles. The van der Waals surface area contributed by atoms with Crippen molar-refractivity contribution in [1.82, 2.24) is 0 Å². The van der Waals surface area contributed by atoms with Crippen LogP contribution in [-0.2, 0) is 12.1 Å². The molecule has 0 bridgehead atoms. The number of alkyl halides is 1. The van der Waals surface area contributed by atoms with Gasteiger partial charge in [-0.2, -0.15) is 0 Å². The Morgan fingerprint density at radius 2 is 1.79 bits per heavy atom. The maximum Gasteiger partial charge on any atom is 0.152 e. The average molecular weight is 326 g/mol. The third-order valence-corrected chi connectivity index (χ3v) is 3.48. The zero-order valence-electron chi connectivity index (χ0n) is 10.2. The maximum atomic E-state index is 14.9. The quantitative estimate of drug-likeness (QED) is 0.904. The Morgan fingerprint density at radius 1 is 1.11 bits per heavy atom. The standard InChI is InChI=1S/C15H14BrF2N/c16-13-6-11(7-14(17)8-13)9-15(18,10-19)12-4-2-1-3-5-12/h1-8H,9-10,19H2. The number of hydrogen-bond acceptors (Lipinski definition) is 1. The first-order valence-electron chi connectivity index (χ1n) is 5.93. The monoisotopic (exact) mass is 325 g/mol. The van der Waals surface area contributed by atoms with Gasteiger partial charge >= 0.3 is 0 Å². The molecule has 0 aromatic heterocycles. The molecule has 2 rings (SSSR count).